The molecule has 0 bridgehead atoms. The van der Waals surface area contributed by atoms with Crippen LogP contribution in [-0.2, 0) is 0 Å². The highest BCUT2D eigenvalue weighted by molar-refractivity contribution is 5.91. The van der Waals surface area contributed by atoms with Crippen LogP contribution in [0, 0.1) is 6.92 Å². The van der Waals surface area contributed by atoms with E-state index in [2.05, 4.69) is 20.8 Å². The van der Waals surface area contributed by atoms with E-state index >= 15 is 0 Å². The molecule has 9 nitrogen and oxygen atoms in total. The van der Waals surface area contributed by atoms with Gasteiger partial charge in [0.2, 0.25) is 5.89 Å². The Kier molecular flexibility index (Phi) is 5.32. The Morgan fingerprint density at radius 3 is 2.68 bits per heavy atom. The molecule has 3 rings (SSSR count). The molecular weight excluding hydrogens is 326 g/mol. The number of amides is 3. The predicted octanol–water partition coefficient (Wildman–Crippen LogP) is 1.29. The number of carbonyl (C=O) groups is 2. The lowest BCUT2D eigenvalue weighted by atomic mass is 9.97. The fourth-order valence-electron chi connectivity index (χ4n) is 2.76. The maximum absolute atomic E-state index is 12.2. The van der Waals surface area contributed by atoms with Gasteiger partial charge in [-0.1, -0.05) is 5.16 Å². The maximum Gasteiger partial charge on any atom is 0.317 e. The summed E-state index contributed by atoms with van der Waals surface area (Å²) < 4.78 is 10.2. The molecule has 0 atom stereocenters. The number of carbonyl (C=O) groups excluding carboxylic acids is 2. The predicted molar refractivity (Wildman–Crippen MR) is 87.0 cm³/mol. The molecule has 0 spiro atoms. The molecule has 0 aliphatic carbocycles. The van der Waals surface area contributed by atoms with E-state index in [9.17, 15) is 9.59 Å². The van der Waals surface area contributed by atoms with Crippen LogP contribution in [0.4, 0.5) is 4.79 Å². The molecule has 3 heterocycles. The van der Waals surface area contributed by atoms with Crippen LogP contribution in [0.5, 0.6) is 0 Å². The number of likely N-dealkylation sites (tertiary alicyclic amines) is 1. The summed E-state index contributed by atoms with van der Waals surface area (Å²) in [5, 5.41) is 9.29. The van der Waals surface area contributed by atoms with Gasteiger partial charge in [0.05, 0.1) is 6.26 Å². The monoisotopic (exact) mass is 347 g/mol. The van der Waals surface area contributed by atoms with Gasteiger partial charge in [0, 0.05) is 32.1 Å². The van der Waals surface area contributed by atoms with Crippen molar-refractivity contribution in [2.75, 3.05) is 26.2 Å². The molecule has 25 heavy (non-hydrogen) atoms. The summed E-state index contributed by atoms with van der Waals surface area (Å²) in [6.45, 7) is 3.75. The second kappa shape index (κ2) is 7.82. The lowest BCUT2D eigenvalue weighted by Crippen LogP contribution is -2.46. The van der Waals surface area contributed by atoms with Gasteiger partial charge in [-0.05, 0) is 31.9 Å². The minimum atomic E-state index is -0.296. The van der Waals surface area contributed by atoms with Crippen LogP contribution in [0.15, 0.2) is 27.3 Å². The Morgan fingerprint density at radius 2 is 2.04 bits per heavy atom. The summed E-state index contributed by atoms with van der Waals surface area (Å²) in [5.74, 6) is 1.45. The highest BCUT2D eigenvalue weighted by atomic mass is 16.5. The first kappa shape index (κ1) is 17.0. The number of nitrogens with zero attached hydrogens (tertiary/aromatic N) is 3. The lowest BCUT2D eigenvalue weighted by molar-refractivity contribution is 0.0925. The molecule has 0 saturated carbocycles. The molecule has 1 fully saturated rings. The normalized spacial score (nSPS) is 15.2. The van der Waals surface area contributed by atoms with Crippen LogP contribution in [0.2, 0.25) is 0 Å². The highest BCUT2D eigenvalue weighted by Crippen LogP contribution is 2.26. The van der Waals surface area contributed by atoms with Crippen LogP contribution in [0.25, 0.3) is 0 Å². The quantitative estimate of drug-likeness (QED) is 0.788. The van der Waals surface area contributed by atoms with E-state index in [0.29, 0.717) is 37.9 Å². The largest absolute Gasteiger partial charge is 0.459 e. The van der Waals surface area contributed by atoms with Gasteiger partial charge in [-0.3, -0.25) is 4.79 Å². The van der Waals surface area contributed by atoms with Gasteiger partial charge in [0.1, 0.15) is 0 Å². The van der Waals surface area contributed by atoms with Gasteiger partial charge in [-0.2, -0.15) is 4.98 Å². The molecule has 2 aromatic heterocycles. The number of piperidine rings is 1. The Hall–Kier alpha value is -2.84. The summed E-state index contributed by atoms with van der Waals surface area (Å²) >= 11 is 0. The SMILES string of the molecule is Cc1noc(C2CCN(C(=O)NCCNC(=O)c3ccco3)CC2)n1. The average molecular weight is 347 g/mol. The van der Waals surface area contributed by atoms with Gasteiger partial charge < -0.3 is 24.5 Å². The molecule has 0 radical (unpaired) electrons. The number of furan rings is 1. The van der Waals surface area contributed by atoms with Crippen molar-refractivity contribution in [2.45, 2.75) is 25.7 Å². The molecule has 1 saturated heterocycles. The second-order valence-electron chi connectivity index (χ2n) is 5.91. The van der Waals surface area contributed by atoms with Crippen molar-refractivity contribution in [2.24, 2.45) is 0 Å². The molecule has 2 aromatic rings. The summed E-state index contributed by atoms with van der Waals surface area (Å²) in [6.07, 6.45) is 3.03. The van der Waals surface area contributed by atoms with E-state index in [1.54, 1.807) is 24.0 Å². The number of aromatic nitrogens is 2. The molecule has 3 amide bonds. The number of hydrogen-bond acceptors (Lipinski definition) is 6. The second-order valence-corrected chi connectivity index (χ2v) is 5.91. The van der Waals surface area contributed by atoms with Gasteiger partial charge >= 0.3 is 6.03 Å². The summed E-state index contributed by atoms with van der Waals surface area (Å²) in [4.78, 5) is 29.8. The first-order valence-corrected chi connectivity index (χ1v) is 8.28. The minimum Gasteiger partial charge on any atom is -0.459 e. The molecule has 1 aliphatic heterocycles. The van der Waals surface area contributed by atoms with Crippen molar-refractivity contribution in [1.29, 1.82) is 0 Å². The van der Waals surface area contributed by atoms with E-state index in [1.165, 1.54) is 6.26 Å². The molecular formula is C16H21N5O4. The van der Waals surface area contributed by atoms with Crippen LogP contribution >= 0.6 is 0 Å². The van der Waals surface area contributed by atoms with Crippen LogP contribution in [0.3, 0.4) is 0 Å². The van der Waals surface area contributed by atoms with Crippen molar-refractivity contribution >= 4 is 11.9 Å². The van der Waals surface area contributed by atoms with E-state index < -0.39 is 0 Å². The summed E-state index contributed by atoms with van der Waals surface area (Å²) in [6, 6.07) is 3.10. The van der Waals surface area contributed by atoms with Gasteiger partial charge in [0.25, 0.3) is 5.91 Å². The lowest BCUT2D eigenvalue weighted by Gasteiger charge is -2.30. The zero-order chi connectivity index (χ0) is 17.6. The molecule has 0 unspecified atom stereocenters. The van der Waals surface area contributed by atoms with Crippen molar-refractivity contribution in [3.05, 3.63) is 35.9 Å². The van der Waals surface area contributed by atoms with Crippen LogP contribution < -0.4 is 10.6 Å². The van der Waals surface area contributed by atoms with Gasteiger partial charge in [-0.25, -0.2) is 4.79 Å². The molecule has 9 heteroatoms. The van der Waals surface area contributed by atoms with E-state index in [-0.39, 0.29) is 23.6 Å². The molecule has 134 valence electrons. The molecule has 0 aromatic carbocycles. The number of urea groups is 1. The van der Waals surface area contributed by atoms with Crippen LogP contribution in [-0.4, -0.2) is 53.2 Å². The Labute approximate surface area is 144 Å². The Bertz CT molecular complexity index is 704. The summed E-state index contributed by atoms with van der Waals surface area (Å²) in [7, 11) is 0. The Balaban J connectivity index is 1.34. The Morgan fingerprint density at radius 1 is 1.28 bits per heavy atom. The summed E-state index contributed by atoms with van der Waals surface area (Å²) in [5.41, 5.74) is 0. The fourth-order valence-corrected chi connectivity index (χ4v) is 2.76. The van der Waals surface area contributed by atoms with Crippen molar-refractivity contribution < 1.29 is 18.5 Å². The maximum atomic E-state index is 12.2. The van der Waals surface area contributed by atoms with Gasteiger partial charge in [-0.15, -0.1) is 0 Å². The van der Waals surface area contributed by atoms with E-state index in [0.717, 1.165) is 12.8 Å². The number of hydrogen-bond donors (Lipinski definition) is 2. The highest BCUT2D eigenvalue weighted by Gasteiger charge is 2.27. The van der Waals surface area contributed by atoms with E-state index in [4.69, 9.17) is 8.94 Å². The minimum absolute atomic E-state index is 0.132. The third kappa shape index (κ3) is 4.37. The topological polar surface area (TPSA) is 114 Å². The average Bonchev–Trinajstić information content (AvgIpc) is 3.30. The van der Waals surface area contributed by atoms with Crippen molar-refractivity contribution in [3.8, 4) is 0 Å². The number of aryl methyl sites for hydroxylation is 1. The van der Waals surface area contributed by atoms with Crippen LogP contribution in [0.1, 0.15) is 41.0 Å². The van der Waals surface area contributed by atoms with Crippen molar-refractivity contribution in [3.63, 3.8) is 0 Å². The standard InChI is InChI=1S/C16H21N5O4/c1-11-19-15(25-20-11)12-4-8-21(9-5-12)16(23)18-7-6-17-14(22)13-3-2-10-24-13/h2-3,10,12H,4-9H2,1H3,(H,17,22)(H,18,23). The number of rotatable bonds is 5. The third-order valence-corrected chi connectivity index (χ3v) is 4.11. The number of nitrogens with one attached hydrogen (secondary N) is 2. The molecule has 2 N–H and O–H groups in total. The third-order valence-electron chi connectivity index (χ3n) is 4.11. The zero-order valence-electron chi connectivity index (χ0n) is 14.0. The smallest absolute Gasteiger partial charge is 0.317 e. The van der Waals surface area contributed by atoms with E-state index in [1.807, 2.05) is 0 Å². The zero-order valence-corrected chi connectivity index (χ0v) is 14.0. The molecule has 1 aliphatic rings. The van der Waals surface area contributed by atoms with Gasteiger partial charge in [0.15, 0.2) is 11.6 Å². The fraction of sp³-hybridized carbons (Fsp3) is 0.500. The first-order valence-electron chi connectivity index (χ1n) is 8.28. The van der Waals surface area contributed by atoms with Crippen molar-refractivity contribution in [1.82, 2.24) is 25.7 Å². The first-order chi connectivity index (χ1) is 12.1.